The second kappa shape index (κ2) is 8.17. The van der Waals surface area contributed by atoms with Crippen LogP contribution in [0.2, 0.25) is 5.02 Å². The fourth-order valence-corrected chi connectivity index (χ4v) is 2.87. The zero-order valence-electron chi connectivity index (χ0n) is 13.0. The van der Waals surface area contributed by atoms with Crippen LogP contribution < -0.4 is 4.74 Å². The molecule has 1 atom stereocenters. The Morgan fingerprint density at radius 3 is 2.87 bits per heavy atom. The molecule has 1 unspecified atom stereocenters. The average Bonchev–Trinajstić information content (AvgIpc) is 2.95. The lowest BCUT2D eigenvalue weighted by atomic mass is 10.1. The molecular formula is C16H20ClNO5. The van der Waals surface area contributed by atoms with Crippen molar-refractivity contribution in [3.63, 3.8) is 0 Å². The number of rotatable bonds is 7. The Labute approximate surface area is 139 Å². The van der Waals surface area contributed by atoms with Gasteiger partial charge in [-0.1, -0.05) is 11.6 Å². The topological polar surface area (TPSA) is 76.1 Å². The first-order chi connectivity index (χ1) is 11.0. The summed E-state index contributed by atoms with van der Waals surface area (Å²) < 4.78 is 10.5. The summed E-state index contributed by atoms with van der Waals surface area (Å²) in [6.07, 6.45) is 1.44. The van der Waals surface area contributed by atoms with E-state index in [9.17, 15) is 9.59 Å². The van der Waals surface area contributed by atoms with Crippen molar-refractivity contribution in [1.29, 1.82) is 0 Å². The highest BCUT2D eigenvalue weighted by Crippen LogP contribution is 2.28. The number of carbonyl (C=O) groups excluding carboxylic acids is 1. The third-order valence-electron chi connectivity index (χ3n) is 3.77. The summed E-state index contributed by atoms with van der Waals surface area (Å²) >= 11 is 6.00. The number of hydrogen-bond donors (Lipinski definition) is 1. The Kier molecular flexibility index (Phi) is 6.24. The summed E-state index contributed by atoms with van der Waals surface area (Å²) in [6.45, 7) is 1.26. The van der Waals surface area contributed by atoms with Crippen LogP contribution in [0.1, 0.15) is 29.6 Å². The van der Waals surface area contributed by atoms with Crippen LogP contribution in [-0.4, -0.2) is 54.8 Å². The molecule has 2 rings (SSSR count). The number of hydrogen-bond acceptors (Lipinski definition) is 4. The number of carboxylic acid groups (broad SMARTS) is 1. The quantitative estimate of drug-likeness (QED) is 0.771. The molecule has 0 bridgehead atoms. The molecule has 1 aliphatic rings. The number of carboxylic acids is 1. The van der Waals surface area contributed by atoms with E-state index in [4.69, 9.17) is 26.2 Å². The molecule has 126 valence electrons. The van der Waals surface area contributed by atoms with E-state index in [0.717, 1.165) is 6.42 Å². The minimum absolute atomic E-state index is 0.0494. The van der Waals surface area contributed by atoms with Crippen LogP contribution in [0.25, 0.3) is 0 Å². The SMILES string of the molecule is COCCOc1ccc(Cl)cc1C(=O)N1CCCC1CC(=O)O. The number of likely N-dealkylation sites (tertiary alicyclic amines) is 1. The minimum Gasteiger partial charge on any atom is -0.490 e. The summed E-state index contributed by atoms with van der Waals surface area (Å²) in [5.74, 6) is -0.724. The highest BCUT2D eigenvalue weighted by molar-refractivity contribution is 6.31. The maximum Gasteiger partial charge on any atom is 0.305 e. The number of methoxy groups -OCH3 is 1. The number of carbonyl (C=O) groups is 2. The molecule has 0 aliphatic carbocycles. The van der Waals surface area contributed by atoms with Crippen LogP contribution in [0.15, 0.2) is 18.2 Å². The van der Waals surface area contributed by atoms with Gasteiger partial charge in [0.05, 0.1) is 18.6 Å². The number of aliphatic carboxylic acids is 1. The zero-order valence-corrected chi connectivity index (χ0v) is 13.7. The van der Waals surface area contributed by atoms with Gasteiger partial charge in [-0.3, -0.25) is 9.59 Å². The van der Waals surface area contributed by atoms with Gasteiger partial charge in [0.15, 0.2) is 0 Å². The summed E-state index contributed by atoms with van der Waals surface area (Å²) in [5, 5.41) is 9.42. The van der Waals surface area contributed by atoms with Gasteiger partial charge >= 0.3 is 5.97 Å². The normalized spacial score (nSPS) is 17.3. The summed E-state index contributed by atoms with van der Waals surface area (Å²) in [7, 11) is 1.57. The number of ether oxygens (including phenoxy) is 2. The van der Waals surface area contributed by atoms with Crippen LogP contribution in [0.5, 0.6) is 5.75 Å². The molecule has 1 saturated heterocycles. The van der Waals surface area contributed by atoms with Crippen molar-refractivity contribution in [2.24, 2.45) is 0 Å². The van der Waals surface area contributed by atoms with Crippen molar-refractivity contribution in [2.75, 3.05) is 26.9 Å². The highest BCUT2D eigenvalue weighted by atomic mass is 35.5. The van der Waals surface area contributed by atoms with E-state index >= 15 is 0 Å². The first-order valence-electron chi connectivity index (χ1n) is 7.47. The molecule has 1 aliphatic heterocycles. The van der Waals surface area contributed by atoms with Gasteiger partial charge in [0, 0.05) is 24.7 Å². The van der Waals surface area contributed by atoms with E-state index in [1.54, 1.807) is 30.2 Å². The van der Waals surface area contributed by atoms with Gasteiger partial charge in [-0.05, 0) is 31.0 Å². The zero-order chi connectivity index (χ0) is 16.8. The molecule has 23 heavy (non-hydrogen) atoms. The first-order valence-corrected chi connectivity index (χ1v) is 7.84. The van der Waals surface area contributed by atoms with Crippen LogP contribution in [-0.2, 0) is 9.53 Å². The maximum absolute atomic E-state index is 12.8. The summed E-state index contributed by atoms with van der Waals surface area (Å²) in [6, 6.07) is 4.57. The monoisotopic (exact) mass is 341 g/mol. The predicted octanol–water partition coefficient (Wildman–Crippen LogP) is 2.44. The molecule has 7 heteroatoms. The standard InChI is InChI=1S/C16H20ClNO5/c1-22-7-8-23-14-5-4-11(17)9-13(14)16(21)18-6-2-3-12(18)10-15(19)20/h4-5,9,12H,2-3,6-8,10H2,1H3,(H,19,20). The van der Waals surface area contributed by atoms with Crippen LogP contribution >= 0.6 is 11.6 Å². The molecule has 1 fully saturated rings. The van der Waals surface area contributed by atoms with Crippen molar-refractivity contribution in [3.8, 4) is 5.75 Å². The molecule has 0 aromatic heterocycles. The fraction of sp³-hybridized carbons (Fsp3) is 0.500. The fourth-order valence-electron chi connectivity index (χ4n) is 2.70. The Morgan fingerprint density at radius 2 is 2.17 bits per heavy atom. The molecule has 1 heterocycles. The van der Waals surface area contributed by atoms with E-state index in [1.165, 1.54) is 0 Å². The third-order valence-corrected chi connectivity index (χ3v) is 4.00. The van der Waals surface area contributed by atoms with E-state index in [0.29, 0.717) is 42.5 Å². The number of amides is 1. The maximum atomic E-state index is 12.8. The van der Waals surface area contributed by atoms with Gasteiger partial charge in [0.1, 0.15) is 12.4 Å². The van der Waals surface area contributed by atoms with E-state index in [2.05, 4.69) is 0 Å². The second-order valence-corrected chi connectivity index (χ2v) is 5.81. The molecule has 1 aromatic rings. The number of benzene rings is 1. The van der Waals surface area contributed by atoms with E-state index < -0.39 is 5.97 Å². The Morgan fingerprint density at radius 1 is 1.39 bits per heavy atom. The lowest BCUT2D eigenvalue weighted by Gasteiger charge is -2.24. The number of halogens is 1. The largest absolute Gasteiger partial charge is 0.490 e. The van der Waals surface area contributed by atoms with Gasteiger partial charge < -0.3 is 19.5 Å². The molecule has 0 spiro atoms. The highest BCUT2D eigenvalue weighted by Gasteiger charge is 2.32. The third kappa shape index (κ3) is 4.59. The Bertz CT molecular complexity index is 578. The van der Waals surface area contributed by atoms with Gasteiger partial charge in [0.2, 0.25) is 0 Å². The molecule has 1 aromatic carbocycles. The van der Waals surface area contributed by atoms with Gasteiger partial charge in [-0.2, -0.15) is 0 Å². The van der Waals surface area contributed by atoms with E-state index in [1.807, 2.05) is 0 Å². The van der Waals surface area contributed by atoms with Crippen molar-refractivity contribution >= 4 is 23.5 Å². The predicted molar refractivity (Wildman–Crippen MR) is 85.1 cm³/mol. The minimum atomic E-state index is -0.905. The van der Waals surface area contributed by atoms with Crippen molar-refractivity contribution in [1.82, 2.24) is 4.90 Å². The molecule has 0 saturated carbocycles. The first kappa shape index (κ1) is 17.6. The Hall–Kier alpha value is -1.79. The molecular weight excluding hydrogens is 322 g/mol. The van der Waals surface area contributed by atoms with Crippen LogP contribution in [0.3, 0.4) is 0 Å². The van der Waals surface area contributed by atoms with Gasteiger partial charge in [-0.15, -0.1) is 0 Å². The second-order valence-electron chi connectivity index (χ2n) is 5.37. The van der Waals surface area contributed by atoms with Crippen molar-refractivity contribution in [3.05, 3.63) is 28.8 Å². The lowest BCUT2D eigenvalue weighted by Crippen LogP contribution is -2.37. The average molecular weight is 342 g/mol. The lowest BCUT2D eigenvalue weighted by molar-refractivity contribution is -0.137. The smallest absolute Gasteiger partial charge is 0.305 e. The van der Waals surface area contributed by atoms with Crippen LogP contribution in [0.4, 0.5) is 0 Å². The molecule has 1 amide bonds. The summed E-state index contributed by atoms with van der Waals surface area (Å²) in [4.78, 5) is 25.4. The summed E-state index contributed by atoms with van der Waals surface area (Å²) in [5.41, 5.74) is 0.353. The molecule has 0 radical (unpaired) electrons. The molecule has 6 nitrogen and oxygen atoms in total. The van der Waals surface area contributed by atoms with Gasteiger partial charge in [0.25, 0.3) is 5.91 Å². The van der Waals surface area contributed by atoms with Gasteiger partial charge in [-0.25, -0.2) is 0 Å². The van der Waals surface area contributed by atoms with Crippen molar-refractivity contribution < 1.29 is 24.2 Å². The number of nitrogens with zero attached hydrogens (tertiary/aromatic N) is 1. The van der Waals surface area contributed by atoms with Crippen molar-refractivity contribution in [2.45, 2.75) is 25.3 Å². The Balaban J connectivity index is 2.19. The molecule has 1 N–H and O–H groups in total. The van der Waals surface area contributed by atoms with Crippen LogP contribution in [0, 0.1) is 0 Å². The van der Waals surface area contributed by atoms with E-state index in [-0.39, 0.29) is 18.4 Å².